The zero-order chi connectivity index (χ0) is 13.0. The molecule has 2 rings (SSSR count). The molecule has 102 valence electrons. The number of hydrogen-bond donors (Lipinski definition) is 1. The Labute approximate surface area is 116 Å². The Bertz CT molecular complexity index is 342. The zero-order valence-corrected chi connectivity index (χ0v) is 12.9. The third-order valence-corrected chi connectivity index (χ3v) is 5.47. The molecule has 0 amide bonds. The van der Waals surface area contributed by atoms with Gasteiger partial charge in [-0.3, -0.25) is 0 Å². The summed E-state index contributed by atoms with van der Waals surface area (Å²) in [6.07, 6.45) is 5.72. The molecule has 1 aliphatic carbocycles. The third kappa shape index (κ3) is 3.83. The maximum Gasteiger partial charge on any atom is 0.0115 e. The van der Waals surface area contributed by atoms with Crippen LogP contribution in [0, 0.1) is 11.8 Å². The SMILES string of the molecule is CC1CCCC(CNCC(C)(C)c2cccs2)C1. The van der Waals surface area contributed by atoms with E-state index in [4.69, 9.17) is 0 Å². The molecule has 1 aromatic heterocycles. The molecule has 0 saturated heterocycles. The summed E-state index contributed by atoms with van der Waals surface area (Å²) in [7, 11) is 0. The summed E-state index contributed by atoms with van der Waals surface area (Å²) in [5, 5.41) is 5.89. The van der Waals surface area contributed by atoms with Crippen molar-refractivity contribution < 1.29 is 0 Å². The first-order valence-corrected chi connectivity index (χ1v) is 8.20. The molecule has 0 aromatic carbocycles. The summed E-state index contributed by atoms with van der Waals surface area (Å²) < 4.78 is 0. The minimum Gasteiger partial charge on any atom is -0.316 e. The van der Waals surface area contributed by atoms with Crippen molar-refractivity contribution in [2.75, 3.05) is 13.1 Å². The predicted molar refractivity (Wildman–Crippen MR) is 81.3 cm³/mol. The number of hydrogen-bond acceptors (Lipinski definition) is 2. The highest BCUT2D eigenvalue weighted by molar-refractivity contribution is 7.10. The van der Waals surface area contributed by atoms with Crippen molar-refractivity contribution in [3.8, 4) is 0 Å². The molecular formula is C16H27NS. The summed E-state index contributed by atoms with van der Waals surface area (Å²) in [5.74, 6) is 1.85. The van der Waals surface area contributed by atoms with Gasteiger partial charge in [0.25, 0.3) is 0 Å². The molecule has 0 radical (unpaired) electrons. The first kappa shape index (κ1) is 14.1. The van der Waals surface area contributed by atoms with Gasteiger partial charge in [0.05, 0.1) is 0 Å². The number of thiophene rings is 1. The Balaban J connectivity index is 1.74. The second kappa shape index (κ2) is 6.21. The molecule has 1 saturated carbocycles. The van der Waals surface area contributed by atoms with Crippen molar-refractivity contribution in [2.24, 2.45) is 11.8 Å². The predicted octanol–water partition coefficient (Wildman–Crippen LogP) is 4.44. The van der Waals surface area contributed by atoms with Crippen LogP contribution < -0.4 is 5.32 Å². The molecule has 0 aliphatic heterocycles. The van der Waals surface area contributed by atoms with Gasteiger partial charge in [0, 0.05) is 16.8 Å². The van der Waals surface area contributed by atoms with Crippen LogP contribution in [-0.2, 0) is 5.41 Å². The van der Waals surface area contributed by atoms with Crippen LogP contribution >= 0.6 is 11.3 Å². The molecule has 1 aromatic rings. The van der Waals surface area contributed by atoms with E-state index in [0.29, 0.717) is 0 Å². The van der Waals surface area contributed by atoms with Gasteiger partial charge in [-0.25, -0.2) is 0 Å². The van der Waals surface area contributed by atoms with Crippen LogP contribution in [0.1, 0.15) is 51.3 Å². The van der Waals surface area contributed by atoms with Gasteiger partial charge in [0.2, 0.25) is 0 Å². The third-order valence-electron chi connectivity index (χ3n) is 4.23. The van der Waals surface area contributed by atoms with Crippen molar-refractivity contribution in [1.82, 2.24) is 5.32 Å². The first-order chi connectivity index (χ1) is 8.58. The highest BCUT2D eigenvalue weighted by Crippen LogP contribution is 2.29. The minimum absolute atomic E-state index is 0.272. The Morgan fingerprint density at radius 3 is 2.89 bits per heavy atom. The quantitative estimate of drug-likeness (QED) is 0.830. The Morgan fingerprint density at radius 1 is 1.39 bits per heavy atom. The maximum atomic E-state index is 3.71. The molecule has 2 atom stereocenters. The van der Waals surface area contributed by atoms with Gasteiger partial charge >= 0.3 is 0 Å². The molecule has 0 bridgehead atoms. The average molecular weight is 265 g/mol. The molecular weight excluding hydrogens is 238 g/mol. The van der Waals surface area contributed by atoms with Gasteiger partial charge in [0.15, 0.2) is 0 Å². The van der Waals surface area contributed by atoms with Crippen LogP contribution in [0.5, 0.6) is 0 Å². The molecule has 0 spiro atoms. The standard InChI is InChI=1S/C16H27NS/c1-13-6-4-7-14(10-13)11-17-12-16(2,3)15-8-5-9-18-15/h5,8-9,13-14,17H,4,6-7,10-12H2,1-3H3. The van der Waals surface area contributed by atoms with E-state index in [2.05, 4.69) is 43.6 Å². The van der Waals surface area contributed by atoms with E-state index in [9.17, 15) is 0 Å². The minimum atomic E-state index is 0.272. The summed E-state index contributed by atoms with van der Waals surface area (Å²) in [4.78, 5) is 1.49. The lowest BCUT2D eigenvalue weighted by molar-refractivity contribution is 0.269. The van der Waals surface area contributed by atoms with Crippen molar-refractivity contribution in [1.29, 1.82) is 0 Å². The fourth-order valence-electron chi connectivity index (χ4n) is 3.08. The molecule has 18 heavy (non-hydrogen) atoms. The lowest BCUT2D eigenvalue weighted by Crippen LogP contribution is -2.36. The van der Waals surface area contributed by atoms with E-state index in [1.54, 1.807) is 0 Å². The number of nitrogens with one attached hydrogen (secondary N) is 1. The summed E-state index contributed by atoms with van der Waals surface area (Å²) in [6, 6.07) is 4.42. The second-order valence-corrected chi connectivity index (χ2v) is 7.58. The molecule has 1 fully saturated rings. The van der Waals surface area contributed by atoms with Crippen LogP contribution in [0.2, 0.25) is 0 Å². The van der Waals surface area contributed by atoms with Crippen LogP contribution in [0.25, 0.3) is 0 Å². The van der Waals surface area contributed by atoms with E-state index in [1.165, 1.54) is 37.1 Å². The summed E-state index contributed by atoms with van der Waals surface area (Å²) in [6.45, 7) is 9.39. The average Bonchev–Trinajstić information content (AvgIpc) is 2.83. The lowest BCUT2D eigenvalue weighted by atomic mass is 9.82. The first-order valence-electron chi connectivity index (χ1n) is 7.32. The van der Waals surface area contributed by atoms with Gasteiger partial charge in [-0.15, -0.1) is 11.3 Å². The molecule has 2 unspecified atom stereocenters. The van der Waals surface area contributed by atoms with E-state index in [0.717, 1.165) is 18.4 Å². The smallest absolute Gasteiger partial charge is 0.0115 e. The topological polar surface area (TPSA) is 12.0 Å². The molecule has 1 N–H and O–H groups in total. The van der Waals surface area contributed by atoms with Crippen molar-refractivity contribution >= 4 is 11.3 Å². The van der Waals surface area contributed by atoms with Crippen LogP contribution in [0.15, 0.2) is 17.5 Å². The molecule has 1 heterocycles. The highest BCUT2D eigenvalue weighted by Gasteiger charge is 2.23. The van der Waals surface area contributed by atoms with Crippen LogP contribution in [-0.4, -0.2) is 13.1 Å². The normalized spacial score (nSPS) is 25.3. The Hall–Kier alpha value is -0.340. The van der Waals surface area contributed by atoms with Gasteiger partial charge in [0.1, 0.15) is 0 Å². The van der Waals surface area contributed by atoms with Gasteiger partial charge in [-0.2, -0.15) is 0 Å². The van der Waals surface area contributed by atoms with Crippen LogP contribution in [0.4, 0.5) is 0 Å². The van der Waals surface area contributed by atoms with E-state index < -0.39 is 0 Å². The summed E-state index contributed by atoms with van der Waals surface area (Å²) >= 11 is 1.88. The van der Waals surface area contributed by atoms with E-state index >= 15 is 0 Å². The number of rotatable bonds is 5. The van der Waals surface area contributed by atoms with Crippen molar-refractivity contribution in [3.63, 3.8) is 0 Å². The fourth-order valence-corrected chi connectivity index (χ4v) is 3.94. The monoisotopic (exact) mass is 265 g/mol. The van der Waals surface area contributed by atoms with E-state index in [-0.39, 0.29) is 5.41 Å². The van der Waals surface area contributed by atoms with E-state index in [1.807, 2.05) is 11.3 Å². The Kier molecular flexibility index (Phi) is 4.85. The van der Waals surface area contributed by atoms with Gasteiger partial charge in [-0.1, -0.05) is 39.7 Å². The van der Waals surface area contributed by atoms with Gasteiger partial charge < -0.3 is 5.32 Å². The largest absolute Gasteiger partial charge is 0.316 e. The fraction of sp³-hybridized carbons (Fsp3) is 0.750. The van der Waals surface area contributed by atoms with Gasteiger partial charge in [-0.05, 0) is 42.7 Å². The van der Waals surface area contributed by atoms with Crippen LogP contribution in [0.3, 0.4) is 0 Å². The lowest BCUT2D eigenvalue weighted by Gasteiger charge is -2.29. The zero-order valence-electron chi connectivity index (χ0n) is 12.0. The summed E-state index contributed by atoms with van der Waals surface area (Å²) in [5.41, 5.74) is 0.272. The second-order valence-electron chi connectivity index (χ2n) is 6.63. The highest BCUT2D eigenvalue weighted by atomic mass is 32.1. The molecule has 1 aliphatic rings. The molecule has 1 nitrogen and oxygen atoms in total. The Morgan fingerprint density at radius 2 is 2.22 bits per heavy atom. The van der Waals surface area contributed by atoms with Crippen molar-refractivity contribution in [3.05, 3.63) is 22.4 Å². The maximum absolute atomic E-state index is 3.71. The molecule has 2 heteroatoms. The van der Waals surface area contributed by atoms with Crippen molar-refractivity contribution in [2.45, 2.75) is 51.9 Å².